The van der Waals surface area contributed by atoms with Crippen molar-refractivity contribution < 1.29 is 18.7 Å². The molecule has 5 heteroatoms. The van der Waals surface area contributed by atoms with Crippen molar-refractivity contribution in [1.82, 2.24) is 0 Å². The second-order valence-electron chi connectivity index (χ2n) is 5.06. The highest BCUT2D eigenvalue weighted by Gasteiger charge is 2.05. The fourth-order valence-corrected chi connectivity index (χ4v) is 2.07. The lowest BCUT2D eigenvalue weighted by molar-refractivity contribution is -0.137. The summed E-state index contributed by atoms with van der Waals surface area (Å²) in [6.07, 6.45) is 3.08. The third-order valence-electron chi connectivity index (χ3n) is 3.15. The van der Waals surface area contributed by atoms with Crippen LogP contribution >= 0.6 is 0 Å². The predicted molar refractivity (Wildman–Crippen MR) is 90.8 cm³/mol. The Morgan fingerprint density at radius 3 is 2.58 bits per heavy atom. The van der Waals surface area contributed by atoms with Crippen molar-refractivity contribution in [2.75, 3.05) is 11.9 Å². The molecular formula is C19H18FNO3. The van der Waals surface area contributed by atoms with E-state index in [0.29, 0.717) is 17.9 Å². The quantitative estimate of drug-likeness (QED) is 0.652. The number of anilines is 1. The van der Waals surface area contributed by atoms with E-state index >= 15 is 0 Å². The van der Waals surface area contributed by atoms with Crippen molar-refractivity contribution in [3.8, 4) is 0 Å². The number of ether oxygens (including phenoxy) is 1. The number of nitrogens with one attached hydrogen (secondary N) is 1. The van der Waals surface area contributed by atoms with E-state index in [2.05, 4.69) is 5.32 Å². The number of halogens is 1. The highest BCUT2D eigenvalue weighted by molar-refractivity contribution is 5.92. The van der Waals surface area contributed by atoms with Crippen LogP contribution in [0.4, 0.5) is 10.1 Å². The molecule has 2 aromatic carbocycles. The average Bonchev–Trinajstić information content (AvgIpc) is 2.54. The van der Waals surface area contributed by atoms with E-state index in [4.69, 9.17) is 4.74 Å². The maximum absolute atomic E-state index is 13.1. The maximum Gasteiger partial charge on any atom is 0.330 e. The van der Waals surface area contributed by atoms with Gasteiger partial charge in [0.1, 0.15) is 5.82 Å². The fraction of sp³-hybridized carbons (Fsp3) is 0.158. The van der Waals surface area contributed by atoms with E-state index in [9.17, 15) is 14.0 Å². The Hall–Kier alpha value is -2.95. The molecule has 2 aromatic rings. The Kier molecular flexibility index (Phi) is 6.25. The Morgan fingerprint density at radius 2 is 1.92 bits per heavy atom. The first-order valence-corrected chi connectivity index (χ1v) is 7.56. The molecule has 0 aliphatic carbocycles. The molecule has 0 saturated heterocycles. The minimum absolute atomic E-state index is 0.0995. The summed E-state index contributed by atoms with van der Waals surface area (Å²) in [5, 5.41) is 2.75. The molecule has 2 rings (SSSR count). The van der Waals surface area contributed by atoms with E-state index in [1.54, 1.807) is 49.4 Å². The lowest BCUT2D eigenvalue weighted by Crippen LogP contribution is -2.14. The maximum atomic E-state index is 13.1. The second-order valence-corrected chi connectivity index (χ2v) is 5.06. The van der Waals surface area contributed by atoms with Crippen LogP contribution in [0.2, 0.25) is 0 Å². The minimum atomic E-state index is -0.398. The van der Waals surface area contributed by atoms with Crippen LogP contribution in [0.15, 0.2) is 54.6 Å². The summed E-state index contributed by atoms with van der Waals surface area (Å²) in [7, 11) is 0. The van der Waals surface area contributed by atoms with Gasteiger partial charge in [0.25, 0.3) is 0 Å². The zero-order valence-corrected chi connectivity index (χ0v) is 13.3. The summed E-state index contributed by atoms with van der Waals surface area (Å²) in [5.74, 6) is -0.988. The van der Waals surface area contributed by atoms with Gasteiger partial charge in [-0.05, 0) is 48.4 Å². The molecule has 1 N–H and O–H groups in total. The van der Waals surface area contributed by atoms with Crippen molar-refractivity contribution in [1.29, 1.82) is 0 Å². The SMILES string of the molecule is CCOC(=O)/C=C/c1ccc(NC(=O)Cc2cccc(F)c2)cc1. The third kappa shape index (κ3) is 5.68. The number of hydrogen-bond donors (Lipinski definition) is 1. The molecule has 0 radical (unpaired) electrons. The van der Waals surface area contributed by atoms with Gasteiger partial charge in [0.15, 0.2) is 0 Å². The number of hydrogen-bond acceptors (Lipinski definition) is 3. The van der Waals surface area contributed by atoms with Crippen LogP contribution in [-0.2, 0) is 20.7 Å². The Bertz CT molecular complexity index is 739. The highest BCUT2D eigenvalue weighted by Crippen LogP contribution is 2.12. The molecular weight excluding hydrogens is 309 g/mol. The van der Waals surface area contributed by atoms with E-state index in [1.807, 2.05) is 0 Å². The van der Waals surface area contributed by atoms with Crippen LogP contribution in [0.5, 0.6) is 0 Å². The molecule has 0 aliphatic heterocycles. The molecule has 0 aliphatic rings. The molecule has 1 amide bonds. The molecule has 0 fully saturated rings. The van der Waals surface area contributed by atoms with Gasteiger partial charge >= 0.3 is 5.97 Å². The van der Waals surface area contributed by atoms with E-state index in [0.717, 1.165) is 5.56 Å². The van der Waals surface area contributed by atoms with Crippen molar-refractivity contribution in [2.45, 2.75) is 13.3 Å². The molecule has 0 saturated carbocycles. The molecule has 0 heterocycles. The van der Waals surface area contributed by atoms with Gasteiger partial charge in [-0.3, -0.25) is 4.79 Å². The summed E-state index contributed by atoms with van der Waals surface area (Å²) in [5.41, 5.74) is 2.05. The Morgan fingerprint density at radius 1 is 1.17 bits per heavy atom. The number of esters is 1. The number of carbonyl (C=O) groups excluding carboxylic acids is 2. The van der Waals surface area contributed by atoms with Crippen LogP contribution in [0, 0.1) is 5.82 Å². The lowest BCUT2D eigenvalue weighted by Gasteiger charge is -2.06. The van der Waals surface area contributed by atoms with E-state index in [1.165, 1.54) is 18.2 Å². The highest BCUT2D eigenvalue weighted by atomic mass is 19.1. The van der Waals surface area contributed by atoms with Crippen molar-refractivity contribution in [2.24, 2.45) is 0 Å². The summed E-state index contributed by atoms with van der Waals surface area (Å²) in [6, 6.07) is 12.9. The molecule has 0 bridgehead atoms. The zero-order valence-electron chi connectivity index (χ0n) is 13.3. The average molecular weight is 327 g/mol. The molecule has 24 heavy (non-hydrogen) atoms. The molecule has 0 unspecified atom stereocenters. The largest absolute Gasteiger partial charge is 0.463 e. The number of rotatable bonds is 6. The molecule has 4 nitrogen and oxygen atoms in total. The van der Waals surface area contributed by atoms with Crippen LogP contribution < -0.4 is 5.32 Å². The van der Waals surface area contributed by atoms with Gasteiger partial charge in [-0.15, -0.1) is 0 Å². The lowest BCUT2D eigenvalue weighted by atomic mass is 10.1. The number of carbonyl (C=O) groups is 2. The summed E-state index contributed by atoms with van der Waals surface area (Å²) in [6.45, 7) is 2.08. The first kappa shape index (κ1) is 17.4. The molecule has 0 atom stereocenters. The van der Waals surface area contributed by atoms with Crippen molar-refractivity contribution in [3.63, 3.8) is 0 Å². The van der Waals surface area contributed by atoms with Crippen molar-refractivity contribution >= 4 is 23.6 Å². The first-order valence-electron chi connectivity index (χ1n) is 7.56. The minimum Gasteiger partial charge on any atom is -0.463 e. The Labute approximate surface area is 140 Å². The van der Waals surface area contributed by atoms with E-state index < -0.39 is 5.97 Å². The molecule has 0 aromatic heterocycles. The van der Waals surface area contributed by atoms with Crippen LogP contribution in [0.25, 0.3) is 6.08 Å². The normalized spacial score (nSPS) is 10.6. The van der Waals surface area contributed by atoms with Gasteiger partial charge in [-0.2, -0.15) is 0 Å². The fourth-order valence-electron chi connectivity index (χ4n) is 2.07. The van der Waals surface area contributed by atoms with Gasteiger partial charge in [0.05, 0.1) is 13.0 Å². The molecule has 124 valence electrons. The van der Waals surface area contributed by atoms with Gasteiger partial charge in [-0.1, -0.05) is 24.3 Å². The van der Waals surface area contributed by atoms with Gasteiger partial charge < -0.3 is 10.1 Å². The topological polar surface area (TPSA) is 55.4 Å². The summed E-state index contributed by atoms with van der Waals surface area (Å²) >= 11 is 0. The smallest absolute Gasteiger partial charge is 0.330 e. The predicted octanol–water partition coefficient (Wildman–Crippen LogP) is 3.58. The van der Waals surface area contributed by atoms with Crippen LogP contribution in [0.3, 0.4) is 0 Å². The summed E-state index contributed by atoms with van der Waals surface area (Å²) in [4.78, 5) is 23.2. The van der Waals surface area contributed by atoms with Crippen LogP contribution in [0.1, 0.15) is 18.1 Å². The standard InChI is InChI=1S/C19H18FNO3/c1-2-24-19(23)11-8-14-6-9-17(10-7-14)21-18(22)13-15-4-3-5-16(20)12-15/h3-12H,2,13H2,1H3,(H,21,22)/b11-8+. The van der Waals surface area contributed by atoms with E-state index in [-0.39, 0.29) is 18.1 Å². The van der Waals surface area contributed by atoms with Gasteiger partial charge in [-0.25, -0.2) is 9.18 Å². The van der Waals surface area contributed by atoms with Gasteiger partial charge in [0.2, 0.25) is 5.91 Å². The zero-order chi connectivity index (χ0) is 17.4. The summed E-state index contributed by atoms with van der Waals surface area (Å²) < 4.78 is 17.9. The van der Waals surface area contributed by atoms with Crippen LogP contribution in [-0.4, -0.2) is 18.5 Å². The monoisotopic (exact) mass is 327 g/mol. The Balaban J connectivity index is 1.91. The first-order chi connectivity index (χ1) is 11.6. The molecule has 0 spiro atoms. The second kappa shape index (κ2) is 8.62. The number of benzene rings is 2. The third-order valence-corrected chi connectivity index (χ3v) is 3.15. The number of amides is 1. The van der Waals surface area contributed by atoms with Crippen molar-refractivity contribution in [3.05, 3.63) is 71.6 Å². The van der Waals surface area contributed by atoms with Gasteiger partial charge in [0, 0.05) is 11.8 Å².